The summed E-state index contributed by atoms with van der Waals surface area (Å²) in [6.45, 7) is 32.1. The molecule has 0 N–H and O–H groups in total. The van der Waals surface area contributed by atoms with Gasteiger partial charge in [-0.05, 0) is 64.2 Å². The number of quaternary nitrogens is 2. The highest BCUT2D eigenvalue weighted by atomic mass is 35.5. The van der Waals surface area contributed by atoms with E-state index < -0.39 is 5.97 Å². The van der Waals surface area contributed by atoms with Crippen molar-refractivity contribution in [1.29, 1.82) is 0 Å². The molecule has 0 aliphatic heterocycles. The molecule has 43 heavy (non-hydrogen) atoms. The fraction of sp³-hybridized carbons (Fsp3) is 0.974. The summed E-state index contributed by atoms with van der Waals surface area (Å²) in [4.78, 5) is 9.76. The molecule has 0 unspecified atom stereocenters. The largest absolute Gasteiger partial charge is 1.00 e. The molecule has 0 aliphatic rings. The molecule has 0 aromatic rings. The molecule has 0 amide bonds. The van der Waals surface area contributed by atoms with Gasteiger partial charge in [0.1, 0.15) is 0 Å². The minimum Gasteiger partial charge on any atom is -1.00 e. The molecule has 5 heteroatoms. The first-order valence-corrected chi connectivity index (χ1v) is 19.2. The van der Waals surface area contributed by atoms with E-state index in [9.17, 15) is 9.90 Å². The molecule has 0 fully saturated rings. The highest BCUT2D eigenvalue weighted by molar-refractivity contribution is 5.63. The summed E-state index contributed by atoms with van der Waals surface area (Å²) in [5, 5.41) is 9.76. The van der Waals surface area contributed by atoms with Crippen molar-refractivity contribution in [3.8, 4) is 0 Å². The van der Waals surface area contributed by atoms with Crippen LogP contribution >= 0.6 is 0 Å². The van der Waals surface area contributed by atoms with Gasteiger partial charge >= 0.3 is 0 Å². The van der Waals surface area contributed by atoms with Crippen LogP contribution in [0.15, 0.2) is 0 Å². The highest BCUT2D eigenvalue weighted by Crippen LogP contribution is 2.17. The predicted molar refractivity (Wildman–Crippen MR) is 188 cm³/mol. The lowest BCUT2D eigenvalue weighted by Gasteiger charge is -2.39. The average molecular weight is 636 g/mol. The number of carboxylic acids is 1. The molecule has 0 aliphatic carbocycles. The van der Waals surface area contributed by atoms with Gasteiger partial charge < -0.3 is 31.3 Å². The maximum absolute atomic E-state index is 9.76. The minimum absolute atomic E-state index is 0. The van der Waals surface area contributed by atoms with E-state index >= 15 is 0 Å². The second-order valence-corrected chi connectivity index (χ2v) is 13.1. The number of hydrogen-bond donors (Lipinski definition) is 0. The zero-order valence-corrected chi connectivity index (χ0v) is 32.1. The first-order valence-electron chi connectivity index (χ1n) is 19.2. The Balaban J connectivity index is -0.000000279. The molecule has 0 spiro atoms. The van der Waals surface area contributed by atoms with Crippen molar-refractivity contribution in [2.75, 3.05) is 52.4 Å². The zero-order chi connectivity index (χ0) is 32.4. The zero-order valence-electron chi connectivity index (χ0n) is 31.4. The molecule has 4 nitrogen and oxygen atoms in total. The van der Waals surface area contributed by atoms with Crippen molar-refractivity contribution < 1.29 is 31.3 Å². The van der Waals surface area contributed by atoms with Crippen LogP contribution in [0.4, 0.5) is 0 Å². The Morgan fingerprint density at radius 3 is 0.698 bits per heavy atom. The monoisotopic (exact) mass is 635 g/mol. The van der Waals surface area contributed by atoms with E-state index in [0.29, 0.717) is 0 Å². The number of carbonyl (C=O) groups is 1. The van der Waals surface area contributed by atoms with E-state index in [1.54, 1.807) is 0 Å². The normalized spacial score (nSPS) is 11.2. The third-order valence-electron chi connectivity index (χ3n) is 8.87. The standard InChI is InChI=1S/2C16H36N.C6H12O2.ClH/c2*1-5-9-13-17(14-10-6-2,15-11-7-3)16-12-8-4;1-2-3-4-5-6(7)8;/h2*5-16H2,1-4H3;2-5H2,1H3,(H,7,8);1H/q2*+1;;/p-2. The van der Waals surface area contributed by atoms with Crippen molar-refractivity contribution in [2.24, 2.45) is 0 Å². The number of halogens is 1. The highest BCUT2D eigenvalue weighted by Gasteiger charge is 2.25. The Morgan fingerprint density at radius 1 is 0.372 bits per heavy atom. The molecular formula is C38H83ClN2O2. The molecule has 0 saturated heterocycles. The van der Waals surface area contributed by atoms with Crippen LogP contribution in [0.1, 0.15) is 191 Å². The van der Waals surface area contributed by atoms with Crippen molar-refractivity contribution in [1.82, 2.24) is 0 Å². The molecule has 0 radical (unpaired) electrons. The Kier molecular flexibility index (Phi) is 43.6. The lowest BCUT2D eigenvalue weighted by atomic mass is 10.1. The third kappa shape index (κ3) is 32.9. The first kappa shape index (κ1) is 49.6. The van der Waals surface area contributed by atoms with Gasteiger partial charge in [0, 0.05) is 5.97 Å². The number of unbranched alkanes of at least 4 members (excludes halogenated alkanes) is 10. The summed E-state index contributed by atoms with van der Waals surface area (Å²) in [6, 6.07) is 0. The number of nitrogens with zero attached hydrogens (tertiary/aromatic N) is 2. The molecule has 0 aromatic heterocycles. The Morgan fingerprint density at radius 2 is 0.558 bits per heavy atom. The summed E-state index contributed by atoms with van der Waals surface area (Å²) < 4.78 is 2.84. The van der Waals surface area contributed by atoms with Crippen molar-refractivity contribution in [2.45, 2.75) is 191 Å². The van der Waals surface area contributed by atoms with Crippen LogP contribution in [0.3, 0.4) is 0 Å². The Labute approximate surface area is 279 Å². The first-order chi connectivity index (χ1) is 20.3. The van der Waals surface area contributed by atoms with Gasteiger partial charge in [0.25, 0.3) is 0 Å². The van der Waals surface area contributed by atoms with E-state index in [0.717, 1.165) is 19.3 Å². The van der Waals surface area contributed by atoms with Crippen LogP contribution in [-0.2, 0) is 4.79 Å². The lowest BCUT2D eigenvalue weighted by molar-refractivity contribution is -0.929. The van der Waals surface area contributed by atoms with Crippen LogP contribution in [0.25, 0.3) is 0 Å². The average Bonchev–Trinajstić information content (AvgIpc) is 3.00. The number of hydrogen-bond acceptors (Lipinski definition) is 2. The van der Waals surface area contributed by atoms with Gasteiger partial charge in [-0.3, -0.25) is 0 Å². The topological polar surface area (TPSA) is 40.1 Å². The predicted octanol–water partition coefficient (Wildman–Crippen LogP) is 7.33. The Bertz CT molecular complexity index is 419. The van der Waals surface area contributed by atoms with Crippen LogP contribution < -0.4 is 17.5 Å². The smallest absolute Gasteiger partial charge is 0.0786 e. The third-order valence-corrected chi connectivity index (χ3v) is 8.87. The fourth-order valence-corrected chi connectivity index (χ4v) is 5.81. The Hall–Kier alpha value is -0.320. The molecule has 0 bridgehead atoms. The van der Waals surface area contributed by atoms with E-state index in [4.69, 9.17) is 0 Å². The van der Waals surface area contributed by atoms with E-state index in [1.165, 1.54) is 164 Å². The summed E-state index contributed by atoms with van der Waals surface area (Å²) in [6.07, 6.45) is 25.2. The van der Waals surface area contributed by atoms with Crippen molar-refractivity contribution in [3.63, 3.8) is 0 Å². The molecule has 0 heterocycles. The van der Waals surface area contributed by atoms with E-state index in [2.05, 4.69) is 55.4 Å². The summed E-state index contributed by atoms with van der Waals surface area (Å²) in [5.74, 6) is -0.932. The summed E-state index contributed by atoms with van der Waals surface area (Å²) >= 11 is 0. The molecular weight excluding hydrogens is 552 g/mol. The second kappa shape index (κ2) is 37.9. The van der Waals surface area contributed by atoms with Crippen LogP contribution in [0.5, 0.6) is 0 Å². The van der Waals surface area contributed by atoms with Gasteiger partial charge in [-0.25, -0.2) is 0 Å². The van der Waals surface area contributed by atoms with Crippen LogP contribution in [0.2, 0.25) is 0 Å². The van der Waals surface area contributed by atoms with Crippen molar-refractivity contribution in [3.05, 3.63) is 0 Å². The van der Waals surface area contributed by atoms with Gasteiger partial charge in [0.05, 0.1) is 52.4 Å². The minimum atomic E-state index is -0.932. The van der Waals surface area contributed by atoms with Gasteiger partial charge in [-0.15, -0.1) is 0 Å². The van der Waals surface area contributed by atoms with E-state index in [1.807, 2.05) is 6.92 Å². The van der Waals surface area contributed by atoms with Gasteiger partial charge in [-0.1, -0.05) is 127 Å². The molecule has 264 valence electrons. The fourth-order valence-electron chi connectivity index (χ4n) is 5.81. The van der Waals surface area contributed by atoms with E-state index in [-0.39, 0.29) is 18.8 Å². The van der Waals surface area contributed by atoms with Crippen LogP contribution in [-0.4, -0.2) is 67.3 Å². The van der Waals surface area contributed by atoms with Gasteiger partial charge in [-0.2, -0.15) is 0 Å². The lowest BCUT2D eigenvalue weighted by Crippen LogP contribution is -3.00. The molecule has 0 saturated carbocycles. The molecule has 0 aromatic carbocycles. The number of rotatable bonds is 28. The van der Waals surface area contributed by atoms with Crippen molar-refractivity contribution >= 4 is 5.97 Å². The maximum Gasteiger partial charge on any atom is 0.0786 e. The number of aliphatic carboxylic acids is 1. The quantitative estimate of drug-likeness (QED) is 0.0668. The van der Waals surface area contributed by atoms with Gasteiger partial charge in [0.2, 0.25) is 0 Å². The summed E-state index contributed by atoms with van der Waals surface area (Å²) in [7, 11) is 0. The maximum atomic E-state index is 9.76. The number of carbonyl (C=O) groups excluding carboxylic acids is 1. The molecule has 0 rings (SSSR count). The van der Waals surface area contributed by atoms with Crippen LogP contribution in [0, 0.1) is 0 Å². The van der Waals surface area contributed by atoms with Gasteiger partial charge in [0.15, 0.2) is 0 Å². The number of carboxylic acid groups (broad SMARTS) is 1. The molecule has 0 atom stereocenters. The second-order valence-electron chi connectivity index (χ2n) is 13.1. The SMILES string of the molecule is CCCCCC(=O)[O-].CCCC[N+](CCCC)(CCCC)CCCC.CCCC[N+](CCCC)(CCCC)CCCC.[Cl-]. The summed E-state index contributed by atoms with van der Waals surface area (Å²) in [5.41, 5.74) is 0.